The molecule has 2 aliphatic rings. The summed E-state index contributed by atoms with van der Waals surface area (Å²) in [5.74, 6) is -1.03. The van der Waals surface area contributed by atoms with Gasteiger partial charge in [0, 0.05) is 25.2 Å². The number of carbonyl (C=O) groups is 3. The van der Waals surface area contributed by atoms with Crippen molar-refractivity contribution in [3.05, 3.63) is 65.0 Å². The third-order valence-electron chi connectivity index (χ3n) is 8.21. The molecule has 222 valence electrons. The normalized spacial score (nSPS) is 17.8. The zero-order valence-corrected chi connectivity index (χ0v) is 23.8. The number of nitrogens with zero attached hydrogens (tertiary/aromatic N) is 4. The fraction of sp³-hybridized carbons (Fsp3) is 0.400. The van der Waals surface area contributed by atoms with Gasteiger partial charge >= 0.3 is 0 Å². The van der Waals surface area contributed by atoms with Gasteiger partial charge in [-0.15, -0.1) is 0 Å². The highest BCUT2D eigenvalue weighted by atomic mass is 19.1. The van der Waals surface area contributed by atoms with Crippen LogP contribution in [0.5, 0.6) is 5.75 Å². The van der Waals surface area contributed by atoms with Gasteiger partial charge in [0.2, 0.25) is 5.91 Å². The van der Waals surface area contributed by atoms with Crippen LogP contribution in [-0.4, -0.2) is 77.1 Å². The van der Waals surface area contributed by atoms with Gasteiger partial charge in [-0.25, -0.2) is 9.07 Å². The monoisotopic (exact) mass is 577 g/mol. The molecule has 5 N–H and O–H groups in total. The zero-order valence-electron chi connectivity index (χ0n) is 23.8. The van der Waals surface area contributed by atoms with E-state index in [0.717, 1.165) is 31.0 Å². The van der Waals surface area contributed by atoms with Crippen molar-refractivity contribution in [3.63, 3.8) is 0 Å². The smallest absolute Gasteiger partial charge is 0.255 e. The summed E-state index contributed by atoms with van der Waals surface area (Å²) < 4.78 is 20.5. The number of hydrogen-bond donors (Lipinski definition) is 3. The number of nitrogens with one attached hydrogen (secondary N) is 1. The van der Waals surface area contributed by atoms with Crippen LogP contribution >= 0.6 is 0 Å². The molecule has 1 aromatic heterocycles. The van der Waals surface area contributed by atoms with Crippen molar-refractivity contribution < 1.29 is 23.5 Å². The number of nitrogen functional groups attached to an aromatic ring is 1. The molecular formula is C30H36FN7O4. The Balaban J connectivity index is 1.27. The zero-order chi connectivity index (χ0) is 30.0. The highest BCUT2D eigenvalue weighted by molar-refractivity contribution is 6.03. The predicted molar refractivity (Wildman–Crippen MR) is 155 cm³/mol. The van der Waals surface area contributed by atoms with Gasteiger partial charge in [-0.3, -0.25) is 19.3 Å². The molecule has 5 rings (SSSR count). The number of rotatable bonds is 8. The van der Waals surface area contributed by atoms with Crippen LogP contribution < -0.4 is 21.5 Å². The Hall–Kier alpha value is -4.45. The van der Waals surface area contributed by atoms with Crippen LogP contribution in [0.3, 0.4) is 0 Å². The minimum absolute atomic E-state index is 0.0511. The van der Waals surface area contributed by atoms with Crippen LogP contribution in [0.25, 0.3) is 11.3 Å². The van der Waals surface area contributed by atoms with Crippen molar-refractivity contribution >= 4 is 23.5 Å². The Morgan fingerprint density at radius 3 is 2.40 bits per heavy atom. The first-order valence-corrected chi connectivity index (χ1v) is 14.1. The van der Waals surface area contributed by atoms with E-state index in [-0.39, 0.29) is 47.2 Å². The van der Waals surface area contributed by atoms with Crippen LogP contribution in [0.1, 0.15) is 58.0 Å². The molecule has 12 heteroatoms. The van der Waals surface area contributed by atoms with Crippen molar-refractivity contribution in [1.82, 2.24) is 24.9 Å². The van der Waals surface area contributed by atoms with Gasteiger partial charge in [-0.1, -0.05) is 24.3 Å². The lowest BCUT2D eigenvalue weighted by Crippen LogP contribution is -2.47. The molecule has 0 aliphatic carbocycles. The number of ether oxygens (including phenoxy) is 1. The lowest BCUT2D eigenvalue weighted by atomic mass is 10.0. The third-order valence-corrected chi connectivity index (χ3v) is 8.21. The lowest BCUT2D eigenvalue weighted by Gasteiger charge is -2.35. The number of carbonyl (C=O) groups excluding carboxylic acids is 3. The molecule has 42 heavy (non-hydrogen) atoms. The molecule has 3 amide bonds. The molecule has 0 spiro atoms. The Bertz CT molecular complexity index is 1480. The molecule has 0 unspecified atom stereocenters. The minimum atomic E-state index is -0.675. The molecule has 2 aromatic carbocycles. The summed E-state index contributed by atoms with van der Waals surface area (Å²) in [6.07, 6.45) is 3.26. The molecule has 3 aromatic rings. The summed E-state index contributed by atoms with van der Waals surface area (Å²) in [6.45, 7) is 2.31. The van der Waals surface area contributed by atoms with E-state index in [9.17, 15) is 18.8 Å². The van der Waals surface area contributed by atoms with Gasteiger partial charge in [0.1, 0.15) is 28.6 Å². The summed E-state index contributed by atoms with van der Waals surface area (Å²) >= 11 is 0. The molecule has 2 saturated heterocycles. The van der Waals surface area contributed by atoms with Gasteiger partial charge in [0.05, 0.1) is 24.8 Å². The fourth-order valence-corrected chi connectivity index (χ4v) is 5.85. The number of benzene rings is 2. The van der Waals surface area contributed by atoms with Crippen LogP contribution in [0.2, 0.25) is 0 Å². The van der Waals surface area contributed by atoms with E-state index in [1.165, 1.54) is 19.2 Å². The average molecular weight is 578 g/mol. The van der Waals surface area contributed by atoms with Gasteiger partial charge < -0.3 is 26.4 Å². The van der Waals surface area contributed by atoms with E-state index in [1.807, 2.05) is 11.9 Å². The number of methoxy groups -OCH3 is 1. The molecule has 0 bridgehead atoms. The molecular weight excluding hydrogens is 541 g/mol. The SMILES string of the molecule is COc1ccc(F)cc1C(=O)NCc1ccc(-c2nn(C3CCN(C(=O)[C@H]4CCCN4C)CC3)c(N)c2C(N)=O)cc1. The Labute approximate surface area is 243 Å². The lowest BCUT2D eigenvalue weighted by molar-refractivity contribution is -0.136. The van der Waals surface area contributed by atoms with Gasteiger partial charge in [0.15, 0.2) is 0 Å². The molecule has 3 heterocycles. The summed E-state index contributed by atoms with van der Waals surface area (Å²) in [5, 5.41) is 7.48. The van der Waals surface area contributed by atoms with Crippen molar-refractivity contribution in [3.8, 4) is 17.0 Å². The summed E-state index contributed by atoms with van der Waals surface area (Å²) in [5.41, 5.74) is 14.2. The number of aromatic nitrogens is 2. The second-order valence-corrected chi connectivity index (χ2v) is 10.8. The maximum atomic E-state index is 13.7. The summed E-state index contributed by atoms with van der Waals surface area (Å²) in [7, 11) is 3.41. The van der Waals surface area contributed by atoms with Crippen molar-refractivity contribution in [2.75, 3.05) is 39.5 Å². The van der Waals surface area contributed by atoms with E-state index in [0.29, 0.717) is 37.2 Å². The van der Waals surface area contributed by atoms with Gasteiger partial charge in [0.25, 0.3) is 11.8 Å². The Kier molecular flexibility index (Phi) is 8.44. The number of halogens is 1. The van der Waals surface area contributed by atoms with Crippen LogP contribution in [0.15, 0.2) is 42.5 Å². The van der Waals surface area contributed by atoms with Crippen LogP contribution in [0.4, 0.5) is 10.2 Å². The first-order chi connectivity index (χ1) is 20.2. The van der Waals surface area contributed by atoms with Crippen molar-refractivity contribution in [1.29, 1.82) is 0 Å². The maximum absolute atomic E-state index is 13.7. The van der Waals surface area contributed by atoms with Gasteiger partial charge in [-0.05, 0) is 63.0 Å². The molecule has 2 fully saturated rings. The summed E-state index contributed by atoms with van der Waals surface area (Å²) in [6, 6.07) is 10.8. The van der Waals surface area contributed by atoms with Crippen LogP contribution in [0, 0.1) is 5.82 Å². The van der Waals surface area contributed by atoms with Gasteiger partial charge in [-0.2, -0.15) is 5.10 Å². The highest BCUT2D eigenvalue weighted by Gasteiger charge is 2.34. The van der Waals surface area contributed by atoms with E-state index >= 15 is 0 Å². The fourth-order valence-electron chi connectivity index (χ4n) is 5.85. The van der Waals surface area contributed by atoms with E-state index < -0.39 is 17.6 Å². The largest absolute Gasteiger partial charge is 0.496 e. The average Bonchev–Trinajstić information content (AvgIpc) is 3.58. The number of anilines is 1. The molecule has 0 radical (unpaired) electrons. The predicted octanol–water partition coefficient (Wildman–Crippen LogP) is 2.57. The number of amides is 3. The van der Waals surface area contributed by atoms with E-state index in [2.05, 4.69) is 10.2 Å². The first kappa shape index (κ1) is 29.1. The number of piperidine rings is 1. The molecule has 1 atom stereocenters. The maximum Gasteiger partial charge on any atom is 0.255 e. The number of likely N-dealkylation sites (tertiary alicyclic amines) is 2. The standard InChI is InChI=1S/C30H36FN7O4/c1-36-13-3-4-23(36)30(41)37-14-11-21(12-15-37)38-27(32)25(28(33)39)26(35-38)19-7-5-18(6-8-19)17-34-29(40)22-16-20(31)9-10-24(22)42-2/h5-10,16,21,23H,3-4,11-15,17,32H2,1-2H3,(H2,33,39)(H,34,40)/t23-/m1/s1. The molecule has 0 saturated carbocycles. The van der Waals surface area contributed by atoms with Crippen LogP contribution in [-0.2, 0) is 11.3 Å². The van der Waals surface area contributed by atoms with Crippen molar-refractivity contribution in [2.45, 2.75) is 44.3 Å². The highest BCUT2D eigenvalue weighted by Crippen LogP contribution is 2.33. The first-order valence-electron chi connectivity index (χ1n) is 14.1. The third kappa shape index (κ3) is 5.80. The Morgan fingerprint density at radius 2 is 1.79 bits per heavy atom. The Morgan fingerprint density at radius 1 is 1.07 bits per heavy atom. The number of nitrogens with two attached hydrogens (primary N) is 2. The van der Waals surface area contributed by atoms with Crippen molar-refractivity contribution in [2.24, 2.45) is 5.73 Å². The second-order valence-electron chi connectivity index (χ2n) is 10.8. The number of likely N-dealkylation sites (N-methyl/N-ethyl adjacent to an activating group) is 1. The molecule has 2 aliphatic heterocycles. The van der Waals surface area contributed by atoms with E-state index in [4.69, 9.17) is 21.3 Å². The topological polar surface area (TPSA) is 149 Å². The number of hydrogen-bond acceptors (Lipinski definition) is 7. The quantitative estimate of drug-likeness (QED) is 0.373. The minimum Gasteiger partial charge on any atom is -0.496 e. The van der Waals surface area contributed by atoms with E-state index in [1.54, 1.807) is 28.9 Å². The summed E-state index contributed by atoms with van der Waals surface area (Å²) in [4.78, 5) is 42.1. The molecule has 11 nitrogen and oxygen atoms in total. The number of primary amides is 1. The second kappa shape index (κ2) is 12.2.